The van der Waals surface area contributed by atoms with Gasteiger partial charge in [-0.2, -0.15) is 0 Å². The third-order valence-electron chi connectivity index (χ3n) is 1.74. The van der Waals surface area contributed by atoms with Gasteiger partial charge in [-0.3, -0.25) is 4.79 Å². The lowest BCUT2D eigenvalue weighted by molar-refractivity contribution is -0.139. The molecule has 0 aliphatic carbocycles. The number of para-hydroxylation sites is 1. The molecular formula is C10H11BrN2O3. The van der Waals surface area contributed by atoms with Crippen LogP contribution in [0.3, 0.4) is 0 Å². The van der Waals surface area contributed by atoms with Gasteiger partial charge in [0.05, 0.1) is 12.8 Å². The van der Waals surface area contributed by atoms with E-state index >= 15 is 0 Å². The quantitative estimate of drug-likeness (QED) is 0.832. The summed E-state index contributed by atoms with van der Waals surface area (Å²) in [6, 6.07) is 6.71. The normalized spacial score (nSPS) is 9.38. The molecule has 0 aromatic heterocycles. The number of hydrogen-bond acceptors (Lipinski definition) is 3. The molecule has 1 rings (SSSR count). The number of urea groups is 1. The Balaban J connectivity index is 2.46. The first-order valence-electron chi connectivity index (χ1n) is 4.49. The first kappa shape index (κ1) is 12.5. The van der Waals surface area contributed by atoms with Crippen LogP contribution in [-0.2, 0) is 9.53 Å². The van der Waals surface area contributed by atoms with E-state index in [1.54, 1.807) is 18.2 Å². The molecule has 1 aromatic carbocycles. The zero-order valence-corrected chi connectivity index (χ0v) is 10.2. The Kier molecular flexibility index (Phi) is 4.78. The van der Waals surface area contributed by atoms with E-state index in [2.05, 4.69) is 31.3 Å². The number of ether oxygens (including phenoxy) is 1. The number of methoxy groups -OCH3 is 1. The van der Waals surface area contributed by atoms with E-state index in [0.717, 1.165) is 4.47 Å². The molecule has 2 N–H and O–H groups in total. The van der Waals surface area contributed by atoms with E-state index in [9.17, 15) is 9.59 Å². The lowest BCUT2D eigenvalue weighted by atomic mass is 10.3. The fourth-order valence-electron chi connectivity index (χ4n) is 0.954. The molecule has 16 heavy (non-hydrogen) atoms. The van der Waals surface area contributed by atoms with E-state index in [1.807, 2.05) is 6.07 Å². The molecule has 86 valence electrons. The Morgan fingerprint density at radius 3 is 2.69 bits per heavy atom. The largest absolute Gasteiger partial charge is 0.468 e. The number of nitrogens with one attached hydrogen (secondary N) is 2. The lowest BCUT2D eigenvalue weighted by Crippen LogP contribution is -2.33. The van der Waals surface area contributed by atoms with Crippen LogP contribution in [0, 0.1) is 0 Å². The fourth-order valence-corrected chi connectivity index (χ4v) is 1.34. The molecule has 0 fully saturated rings. The number of halogens is 1. The molecule has 0 unspecified atom stereocenters. The van der Waals surface area contributed by atoms with Crippen LogP contribution >= 0.6 is 15.9 Å². The van der Waals surface area contributed by atoms with Gasteiger partial charge < -0.3 is 15.4 Å². The van der Waals surface area contributed by atoms with Crippen LogP contribution < -0.4 is 10.6 Å². The monoisotopic (exact) mass is 286 g/mol. The van der Waals surface area contributed by atoms with Crippen LogP contribution in [-0.4, -0.2) is 25.7 Å². The molecule has 0 spiro atoms. The maximum absolute atomic E-state index is 11.3. The summed E-state index contributed by atoms with van der Waals surface area (Å²) in [7, 11) is 1.26. The van der Waals surface area contributed by atoms with E-state index in [1.165, 1.54) is 7.11 Å². The van der Waals surface area contributed by atoms with Gasteiger partial charge in [0.1, 0.15) is 6.54 Å². The summed E-state index contributed by atoms with van der Waals surface area (Å²) in [6.07, 6.45) is 0. The van der Waals surface area contributed by atoms with Gasteiger partial charge in [-0.15, -0.1) is 0 Å². The average Bonchev–Trinajstić information content (AvgIpc) is 2.29. The van der Waals surface area contributed by atoms with Gasteiger partial charge in [0.2, 0.25) is 0 Å². The maximum Gasteiger partial charge on any atom is 0.325 e. The molecule has 0 aliphatic heterocycles. The summed E-state index contributed by atoms with van der Waals surface area (Å²) >= 11 is 3.28. The first-order valence-corrected chi connectivity index (χ1v) is 5.29. The Morgan fingerprint density at radius 1 is 1.38 bits per heavy atom. The third-order valence-corrected chi connectivity index (χ3v) is 2.43. The minimum Gasteiger partial charge on any atom is -0.468 e. The summed E-state index contributed by atoms with van der Waals surface area (Å²) in [5.41, 5.74) is 0.630. The number of carbonyl (C=O) groups is 2. The molecule has 0 saturated carbocycles. The summed E-state index contributed by atoms with van der Waals surface area (Å²) in [6.45, 7) is -0.160. The number of benzene rings is 1. The molecule has 2 amide bonds. The van der Waals surface area contributed by atoms with Crippen LogP contribution in [0.5, 0.6) is 0 Å². The minimum absolute atomic E-state index is 0.160. The second-order valence-corrected chi connectivity index (χ2v) is 3.72. The summed E-state index contributed by atoms with van der Waals surface area (Å²) in [5, 5.41) is 4.95. The Morgan fingerprint density at radius 2 is 2.06 bits per heavy atom. The molecular weight excluding hydrogens is 276 g/mol. The van der Waals surface area contributed by atoms with Crippen molar-refractivity contribution in [1.29, 1.82) is 0 Å². The van der Waals surface area contributed by atoms with Gasteiger partial charge in [0, 0.05) is 4.47 Å². The standard InChI is InChI=1S/C10H11BrN2O3/c1-16-9(14)6-12-10(15)13-8-5-3-2-4-7(8)11/h2-5H,6H2,1H3,(H2,12,13,15). The zero-order chi connectivity index (χ0) is 12.0. The van der Waals surface area contributed by atoms with Gasteiger partial charge in [-0.05, 0) is 28.1 Å². The summed E-state index contributed by atoms with van der Waals surface area (Å²) in [5.74, 6) is -0.498. The predicted molar refractivity (Wildman–Crippen MR) is 63.2 cm³/mol. The number of carbonyl (C=O) groups excluding carboxylic acids is 2. The molecule has 5 nitrogen and oxygen atoms in total. The average molecular weight is 287 g/mol. The smallest absolute Gasteiger partial charge is 0.325 e. The summed E-state index contributed by atoms with van der Waals surface area (Å²) < 4.78 is 5.15. The topological polar surface area (TPSA) is 67.4 Å². The van der Waals surface area contributed by atoms with Crippen molar-refractivity contribution in [2.24, 2.45) is 0 Å². The maximum atomic E-state index is 11.3. The number of esters is 1. The highest BCUT2D eigenvalue weighted by atomic mass is 79.9. The van der Waals surface area contributed by atoms with Gasteiger partial charge in [0.15, 0.2) is 0 Å². The van der Waals surface area contributed by atoms with Gasteiger partial charge in [0.25, 0.3) is 0 Å². The number of amides is 2. The molecule has 0 saturated heterocycles. The molecule has 1 aromatic rings. The number of hydrogen-bond donors (Lipinski definition) is 2. The van der Waals surface area contributed by atoms with Crippen LogP contribution in [0.4, 0.5) is 10.5 Å². The zero-order valence-electron chi connectivity index (χ0n) is 8.62. The second-order valence-electron chi connectivity index (χ2n) is 2.86. The van der Waals surface area contributed by atoms with Crippen LogP contribution in [0.15, 0.2) is 28.7 Å². The van der Waals surface area contributed by atoms with E-state index in [4.69, 9.17) is 0 Å². The molecule has 6 heteroatoms. The van der Waals surface area contributed by atoms with Crippen molar-refractivity contribution in [3.8, 4) is 0 Å². The van der Waals surface area contributed by atoms with Gasteiger partial charge in [-0.1, -0.05) is 12.1 Å². The third kappa shape index (κ3) is 3.90. The number of anilines is 1. The molecule has 0 heterocycles. The SMILES string of the molecule is COC(=O)CNC(=O)Nc1ccccc1Br. The lowest BCUT2D eigenvalue weighted by Gasteiger charge is -2.07. The van der Waals surface area contributed by atoms with Crippen molar-refractivity contribution in [2.75, 3.05) is 19.0 Å². The van der Waals surface area contributed by atoms with Gasteiger partial charge >= 0.3 is 12.0 Å². The van der Waals surface area contributed by atoms with Crippen LogP contribution in [0.2, 0.25) is 0 Å². The van der Waals surface area contributed by atoms with Crippen molar-refractivity contribution in [3.63, 3.8) is 0 Å². The van der Waals surface area contributed by atoms with Crippen molar-refractivity contribution in [1.82, 2.24) is 5.32 Å². The van der Waals surface area contributed by atoms with Crippen molar-refractivity contribution >= 4 is 33.6 Å². The van der Waals surface area contributed by atoms with Crippen molar-refractivity contribution in [3.05, 3.63) is 28.7 Å². The minimum atomic E-state index is -0.498. The van der Waals surface area contributed by atoms with Crippen LogP contribution in [0.25, 0.3) is 0 Å². The van der Waals surface area contributed by atoms with Gasteiger partial charge in [-0.25, -0.2) is 4.79 Å². The number of rotatable bonds is 3. The molecule has 0 radical (unpaired) electrons. The Labute approximate surface area is 101 Å². The Bertz CT molecular complexity index is 395. The molecule has 0 aliphatic rings. The molecule has 0 bridgehead atoms. The highest BCUT2D eigenvalue weighted by Gasteiger charge is 2.06. The van der Waals surface area contributed by atoms with E-state index < -0.39 is 12.0 Å². The fraction of sp³-hybridized carbons (Fsp3) is 0.200. The predicted octanol–water partition coefficient (Wildman–Crippen LogP) is 1.74. The van der Waals surface area contributed by atoms with E-state index in [0.29, 0.717) is 5.69 Å². The first-order chi connectivity index (χ1) is 7.63. The van der Waals surface area contributed by atoms with Crippen molar-refractivity contribution in [2.45, 2.75) is 0 Å². The summed E-state index contributed by atoms with van der Waals surface area (Å²) in [4.78, 5) is 22.1. The highest BCUT2D eigenvalue weighted by Crippen LogP contribution is 2.20. The Hall–Kier alpha value is -1.56. The highest BCUT2D eigenvalue weighted by molar-refractivity contribution is 9.10. The van der Waals surface area contributed by atoms with Crippen LogP contribution in [0.1, 0.15) is 0 Å². The second kappa shape index (κ2) is 6.12. The molecule has 0 atom stereocenters. The van der Waals surface area contributed by atoms with E-state index in [-0.39, 0.29) is 6.54 Å². The van der Waals surface area contributed by atoms with Crippen molar-refractivity contribution < 1.29 is 14.3 Å².